The highest BCUT2D eigenvalue weighted by molar-refractivity contribution is 5.93. The number of carbonyl (C=O) groups is 2. The third-order valence-corrected chi connectivity index (χ3v) is 8.84. The molecule has 3 aliphatic heterocycles. The van der Waals surface area contributed by atoms with Crippen LogP contribution in [0.4, 0.5) is 11.8 Å². The molecule has 2 amide bonds. The Bertz CT molecular complexity index is 1520. The van der Waals surface area contributed by atoms with Crippen LogP contribution in [0, 0.1) is 5.92 Å². The number of ether oxygens (including phenoxy) is 2. The van der Waals surface area contributed by atoms with E-state index in [1.165, 1.54) is 17.5 Å². The average molecular weight is 633 g/mol. The van der Waals surface area contributed by atoms with Crippen LogP contribution >= 0.6 is 0 Å². The summed E-state index contributed by atoms with van der Waals surface area (Å²) in [6.07, 6.45) is 5.09. The number of carbonyl (C=O) groups excluding carboxylic acids is 2. The Hall–Kier alpha value is -4.27. The molecule has 1 atom stereocenters. The minimum Gasteiger partial charge on any atom is -0.486 e. The molecule has 0 bridgehead atoms. The van der Waals surface area contributed by atoms with E-state index in [9.17, 15) is 14.7 Å². The van der Waals surface area contributed by atoms with Gasteiger partial charge in [-0.2, -0.15) is 4.98 Å². The highest BCUT2D eigenvalue weighted by Gasteiger charge is 2.35. The van der Waals surface area contributed by atoms with Gasteiger partial charge in [0, 0.05) is 64.3 Å². The minimum absolute atomic E-state index is 0.0944. The topological polar surface area (TPSA) is 158 Å². The summed E-state index contributed by atoms with van der Waals surface area (Å²) in [7, 11) is 0. The Morgan fingerprint density at radius 3 is 2.65 bits per heavy atom. The zero-order chi connectivity index (χ0) is 31.5. The van der Waals surface area contributed by atoms with Crippen molar-refractivity contribution in [1.29, 1.82) is 0 Å². The number of oxazole rings is 1. The van der Waals surface area contributed by atoms with Crippen LogP contribution in [0.2, 0.25) is 0 Å². The van der Waals surface area contributed by atoms with Gasteiger partial charge in [0.15, 0.2) is 12.2 Å². The lowest BCUT2D eigenvalue weighted by Gasteiger charge is -2.35. The fourth-order valence-corrected chi connectivity index (χ4v) is 5.97. The van der Waals surface area contributed by atoms with Crippen molar-refractivity contribution < 1.29 is 28.6 Å². The van der Waals surface area contributed by atoms with Gasteiger partial charge in [0.05, 0.1) is 31.6 Å². The van der Waals surface area contributed by atoms with E-state index >= 15 is 0 Å². The molecule has 14 heteroatoms. The molecule has 7 rings (SSSR count). The second kappa shape index (κ2) is 13.6. The van der Waals surface area contributed by atoms with Crippen molar-refractivity contribution in [2.24, 2.45) is 5.92 Å². The molecule has 0 unspecified atom stereocenters. The fourth-order valence-electron chi connectivity index (χ4n) is 5.97. The maximum Gasteiger partial charge on any atom is 0.270 e. The van der Waals surface area contributed by atoms with Gasteiger partial charge in [-0.25, -0.2) is 9.97 Å². The molecule has 4 aliphatic rings. The fraction of sp³-hybridized carbons (Fsp3) is 0.531. The summed E-state index contributed by atoms with van der Waals surface area (Å²) in [5, 5.41) is 17.0. The van der Waals surface area contributed by atoms with E-state index in [-0.39, 0.29) is 36.0 Å². The Kier molecular flexibility index (Phi) is 8.99. The van der Waals surface area contributed by atoms with Crippen LogP contribution in [0.3, 0.4) is 0 Å². The second-order valence-corrected chi connectivity index (χ2v) is 12.4. The van der Waals surface area contributed by atoms with Gasteiger partial charge >= 0.3 is 0 Å². The molecule has 1 aliphatic carbocycles. The zero-order valence-corrected chi connectivity index (χ0v) is 25.8. The molecule has 0 radical (unpaired) electrons. The maximum atomic E-state index is 13.3. The van der Waals surface area contributed by atoms with Crippen molar-refractivity contribution in [3.05, 3.63) is 59.4 Å². The summed E-state index contributed by atoms with van der Waals surface area (Å²) in [4.78, 5) is 45.1. The van der Waals surface area contributed by atoms with E-state index in [4.69, 9.17) is 18.9 Å². The number of aliphatic hydroxyl groups is 1. The molecular weight excluding hydrogens is 592 g/mol. The molecule has 3 aromatic rings. The van der Waals surface area contributed by atoms with Crippen LogP contribution in [-0.2, 0) is 29.1 Å². The smallest absolute Gasteiger partial charge is 0.270 e. The number of β-amino-alcohol motifs (C(OH)–C–C–N with tert-alkyl or cyclic N) is 1. The van der Waals surface area contributed by atoms with Crippen molar-refractivity contribution in [2.45, 2.75) is 44.6 Å². The molecule has 2 aromatic heterocycles. The normalized spacial score (nSPS) is 19.2. The number of amides is 2. The largest absolute Gasteiger partial charge is 0.486 e. The van der Waals surface area contributed by atoms with E-state index in [1.54, 1.807) is 12.3 Å². The van der Waals surface area contributed by atoms with Crippen molar-refractivity contribution in [3.63, 3.8) is 0 Å². The first-order chi connectivity index (χ1) is 22.5. The second-order valence-electron chi connectivity index (χ2n) is 12.4. The number of nitrogens with one attached hydrogen (secondary N) is 2. The third kappa shape index (κ3) is 7.40. The molecule has 1 saturated carbocycles. The number of piperazine rings is 1. The van der Waals surface area contributed by atoms with Crippen LogP contribution < -0.4 is 20.3 Å². The first-order valence-corrected chi connectivity index (χ1v) is 16.0. The predicted molar refractivity (Wildman–Crippen MR) is 166 cm³/mol. The Morgan fingerprint density at radius 1 is 1.07 bits per heavy atom. The number of benzene rings is 1. The lowest BCUT2D eigenvalue weighted by molar-refractivity contribution is -0.132. The molecular formula is C32H40N8O6. The number of nitrogens with zero attached hydrogens (tertiary/aromatic N) is 6. The van der Waals surface area contributed by atoms with Crippen LogP contribution in [-0.4, -0.2) is 113 Å². The standard InChI is InChI=1S/C32H40N8O6/c41-25(16-38-6-5-22-11-26(4-3-23(22)15-38)45-19-27-14-33-20-46-27)13-34-30(42)28-12-29(35-24-17-44-18-24)37-32(36-28)40-9-7-39(8-10-40)31(43)21-1-2-21/h3-4,11-12,14,20-21,24-25,41H,1-2,5-10,13,15-19H2,(H,34,42)(H,35,36,37)/t25-/m0/s1. The molecule has 244 valence electrons. The van der Waals surface area contributed by atoms with Crippen LogP contribution in [0.25, 0.3) is 0 Å². The van der Waals surface area contributed by atoms with Gasteiger partial charge in [0.1, 0.15) is 23.9 Å². The lowest BCUT2D eigenvalue weighted by atomic mass is 9.99. The van der Waals surface area contributed by atoms with Gasteiger partial charge in [-0.1, -0.05) is 6.07 Å². The minimum atomic E-state index is -0.752. The third-order valence-electron chi connectivity index (χ3n) is 8.84. The van der Waals surface area contributed by atoms with Gasteiger partial charge in [0.2, 0.25) is 11.9 Å². The van der Waals surface area contributed by atoms with Crippen molar-refractivity contribution >= 4 is 23.6 Å². The van der Waals surface area contributed by atoms with E-state index in [0.29, 0.717) is 76.6 Å². The quantitative estimate of drug-likeness (QED) is 0.261. The molecule has 46 heavy (non-hydrogen) atoms. The van der Waals surface area contributed by atoms with E-state index < -0.39 is 6.10 Å². The van der Waals surface area contributed by atoms with E-state index in [2.05, 4.69) is 37.6 Å². The first kappa shape index (κ1) is 30.4. The number of hydrogen-bond donors (Lipinski definition) is 3. The average Bonchev–Trinajstić information content (AvgIpc) is 3.78. The van der Waals surface area contributed by atoms with Gasteiger partial charge in [0.25, 0.3) is 5.91 Å². The molecule has 0 spiro atoms. The summed E-state index contributed by atoms with van der Waals surface area (Å²) >= 11 is 0. The lowest BCUT2D eigenvalue weighted by Crippen LogP contribution is -2.50. The van der Waals surface area contributed by atoms with Crippen LogP contribution in [0.15, 0.2) is 41.3 Å². The van der Waals surface area contributed by atoms with E-state index in [1.807, 2.05) is 15.9 Å². The summed E-state index contributed by atoms with van der Waals surface area (Å²) in [6.45, 7) is 5.92. The Balaban J connectivity index is 0.922. The molecule has 2 saturated heterocycles. The van der Waals surface area contributed by atoms with Crippen LogP contribution in [0.5, 0.6) is 5.75 Å². The van der Waals surface area contributed by atoms with E-state index in [0.717, 1.165) is 31.6 Å². The number of anilines is 2. The summed E-state index contributed by atoms with van der Waals surface area (Å²) in [5.41, 5.74) is 2.64. The van der Waals surface area contributed by atoms with Gasteiger partial charge in [-0.3, -0.25) is 14.5 Å². The highest BCUT2D eigenvalue weighted by Crippen LogP contribution is 2.31. The summed E-state index contributed by atoms with van der Waals surface area (Å²) in [6, 6.07) is 7.83. The van der Waals surface area contributed by atoms with Crippen molar-refractivity contribution in [3.8, 4) is 5.75 Å². The van der Waals surface area contributed by atoms with Gasteiger partial charge < -0.3 is 39.4 Å². The first-order valence-electron chi connectivity index (χ1n) is 16.0. The molecule has 1 aromatic carbocycles. The van der Waals surface area contributed by atoms with Gasteiger partial charge in [-0.15, -0.1) is 0 Å². The zero-order valence-electron chi connectivity index (χ0n) is 25.8. The SMILES string of the molecule is O=C(NC[C@H](O)CN1CCc2cc(OCc3cnco3)ccc2C1)c1cc(NC2COC2)nc(N2CCN(C(=O)C3CC3)CC2)n1. The Morgan fingerprint density at radius 2 is 1.91 bits per heavy atom. The maximum absolute atomic E-state index is 13.3. The number of hydrogen-bond acceptors (Lipinski definition) is 12. The number of aliphatic hydroxyl groups excluding tert-OH is 1. The molecule has 3 fully saturated rings. The highest BCUT2D eigenvalue weighted by atomic mass is 16.5. The van der Waals surface area contributed by atoms with Crippen molar-refractivity contribution in [1.82, 2.24) is 30.1 Å². The van der Waals surface area contributed by atoms with Crippen LogP contribution in [0.1, 0.15) is 40.2 Å². The van der Waals surface area contributed by atoms with Crippen molar-refractivity contribution in [2.75, 3.05) is 69.2 Å². The number of rotatable bonds is 12. The van der Waals surface area contributed by atoms with Gasteiger partial charge in [-0.05, 0) is 42.5 Å². The summed E-state index contributed by atoms with van der Waals surface area (Å²) < 4.78 is 16.4. The summed E-state index contributed by atoms with van der Waals surface area (Å²) in [5.74, 6) is 2.52. The molecule has 14 nitrogen and oxygen atoms in total. The Labute approximate surface area is 267 Å². The molecule has 3 N–H and O–H groups in total. The number of aromatic nitrogens is 3. The molecule has 5 heterocycles. The number of fused-ring (bicyclic) bond motifs is 1. The monoisotopic (exact) mass is 632 g/mol. The predicted octanol–water partition coefficient (Wildman–Crippen LogP) is 1.06.